The minimum Gasteiger partial charge on any atom is -0.493 e. The molecule has 0 aliphatic heterocycles. The van der Waals surface area contributed by atoms with Crippen molar-refractivity contribution >= 4 is 34.0 Å². The van der Waals surface area contributed by atoms with Gasteiger partial charge in [-0.15, -0.1) is 0 Å². The first-order chi connectivity index (χ1) is 9.20. The Morgan fingerprint density at radius 3 is 2.63 bits per heavy atom. The first kappa shape index (κ1) is 12.2. The molecule has 3 heteroatoms. The molecule has 3 aromatic rings. The number of fused-ring (bicyclic) bond motifs is 3. The molecule has 0 amide bonds. The summed E-state index contributed by atoms with van der Waals surface area (Å²) in [7, 11) is 0. The predicted molar refractivity (Wildman–Crippen MR) is 80.5 cm³/mol. The van der Waals surface area contributed by atoms with Crippen LogP contribution in [0.1, 0.15) is 12.7 Å². The number of hydrogen-bond donors (Lipinski definition) is 0. The Morgan fingerprint density at radius 1 is 1.16 bits per heavy atom. The van der Waals surface area contributed by atoms with Crippen molar-refractivity contribution in [1.29, 1.82) is 0 Å². The average Bonchev–Trinajstić information content (AvgIpc) is 2.38. The highest BCUT2D eigenvalue weighted by atomic mass is 32.1. The summed E-state index contributed by atoms with van der Waals surface area (Å²) < 4.78 is 12.3. The third-order valence-electron chi connectivity index (χ3n) is 3.12. The van der Waals surface area contributed by atoms with E-state index in [0.717, 1.165) is 37.8 Å². The van der Waals surface area contributed by atoms with Crippen LogP contribution in [0.4, 0.5) is 0 Å². The summed E-state index contributed by atoms with van der Waals surface area (Å²) in [4.78, 5) is 0. The second kappa shape index (κ2) is 4.67. The fraction of sp³-hybridized carbons (Fsp3) is 0.188. The maximum absolute atomic E-state index is 5.79. The molecule has 19 heavy (non-hydrogen) atoms. The van der Waals surface area contributed by atoms with Gasteiger partial charge in [0.15, 0.2) is 0 Å². The van der Waals surface area contributed by atoms with Crippen molar-refractivity contribution in [1.82, 2.24) is 0 Å². The van der Waals surface area contributed by atoms with Gasteiger partial charge in [0.1, 0.15) is 17.1 Å². The molecular formula is C16H14O2S. The smallest absolute Gasteiger partial charge is 0.139 e. The standard InChI is InChI=1S/C16H14O2S/c1-3-17-13-9-14-16(15(19)8-10(2)18-14)12-7-5-4-6-11(12)13/h4-9H,3H2,1-2H3. The average molecular weight is 270 g/mol. The Bertz CT molecular complexity index is 818. The molecule has 0 unspecified atom stereocenters. The zero-order chi connectivity index (χ0) is 13.4. The molecule has 1 aromatic heterocycles. The molecule has 0 radical (unpaired) electrons. The van der Waals surface area contributed by atoms with Crippen molar-refractivity contribution in [3.63, 3.8) is 0 Å². The Morgan fingerprint density at radius 2 is 1.89 bits per heavy atom. The van der Waals surface area contributed by atoms with E-state index in [4.69, 9.17) is 21.4 Å². The maximum atomic E-state index is 5.79. The van der Waals surface area contributed by atoms with Crippen molar-refractivity contribution in [2.45, 2.75) is 13.8 Å². The van der Waals surface area contributed by atoms with Gasteiger partial charge >= 0.3 is 0 Å². The Hall–Kier alpha value is -1.87. The number of benzene rings is 2. The molecular weight excluding hydrogens is 256 g/mol. The van der Waals surface area contributed by atoms with Crippen LogP contribution in [0.2, 0.25) is 0 Å². The SMILES string of the molecule is CCOc1cc2oc(C)cc(=S)c2c2ccccc12. The Kier molecular flexibility index (Phi) is 2.99. The number of hydrogen-bond acceptors (Lipinski definition) is 3. The summed E-state index contributed by atoms with van der Waals surface area (Å²) in [6.45, 7) is 4.51. The van der Waals surface area contributed by atoms with E-state index >= 15 is 0 Å². The summed E-state index contributed by atoms with van der Waals surface area (Å²) in [6, 6.07) is 11.9. The lowest BCUT2D eigenvalue weighted by Gasteiger charge is -2.10. The highest BCUT2D eigenvalue weighted by molar-refractivity contribution is 7.71. The van der Waals surface area contributed by atoms with Gasteiger partial charge in [0.25, 0.3) is 0 Å². The number of ether oxygens (including phenoxy) is 1. The minimum absolute atomic E-state index is 0.627. The van der Waals surface area contributed by atoms with Crippen LogP contribution >= 0.6 is 12.2 Å². The molecule has 0 bridgehead atoms. The van der Waals surface area contributed by atoms with Crippen LogP contribution in [0.5, 0.6) is 5.75 Å². The van der Waals surface area contributed by atoms with Gasteiger partial charge < -0.3 is 9.15 Å². The topological polar surface area (TPSA) is 22.4 Å². The zero-order valence-electron chi connectivity index (χ0n) is 10.9. The normalized spacial score (nSPS) is 11.1. The molecule has 0 aliphatic carbocycles. The molecule has 1 heterocycles. The van der Waals surface area contributed by atoms with E-state index in [1.54, 1.807) is 0 Å². The van der Waals surface area contributed by atoms with Gasteiger partial charge in [0, 0.05) is 16.8 Å². The summed E-state index contributed by atoms with van der Waals surface area (Å²) in [5.41, 5.74) is 0.784. The fourth-order valence-electron chi connectivity index (χ4n) is 2.39. The lowest BCUT2D eigenvalue weighted by molar-refractivity contribution is 0.344. The second-order valence-corrected chi connectivity index (χ2v) is 4.89. The molecule has 0 saturated carbocycles. The highest BCUT2D eigenvalue weighted by Gasteiger charge is 2.10. The van der Waals surface area contributed by atoms with Gasteiger partial charge in [-0.1, -0.05) is 36.5 Å². The van der Waals surface area contributed by atoms with E-state index in [2.05, 4.69) is 6.07 Å². The van der Waals surface area contributed by atoms with E-state index in [1.165, 1.54) is 0 Å². The van der Waals surface area contributed by atoms with E-state index in [0.29, 0.717) is 6.61 Å². The molecule has 96 valence electrons. The van der Waals surface area contributed by atoms with Gasteiger partial charge in [-0.25, -0.2) is 0 Å². The minimum atomic E-state index is 0.627. The molecule has 0 spiro atoms. The lowest BCUT2D eigenvalue weighted by atomic mass is 10.0. The fourth-order valence-corrected chi connectivity index (χ4v) is 2.76. The van der Waals surface area contributed by atoms with Crippen LogP contribution in [0.25, 0.3) is 21.7 Å². The Labute approximate surface area is 116 Å². The molecule has 0 saturated heterocycles. The molecule has 2 nitrogen and oxygen atoms in total. The van der Waals surface area contributed by atoms with E-state index in [1.807, 2.05) is 44.2 Å². The van der Waals surface area contributed by atoms with Gasteiger partial charge in [-0.2, -0.15) is 0 Å². The third-order valence-corrected chi connectivity index (χ3v) is 3.44. The zero-order valence-corrected chi connectivity index (χ0v) is 11.7. The van der Waals surface area contributed by atoms with E-state index in [9.17, 15) is 0 Å². The number of aryl methyl sites for hydroxylation is 1. The van der Waals surface area contributed by atoms with E-state index in [-0.39, 0.29) is 0 Å². The predicted octanol–water partition coefficient (Wildman–Crippen LogP) is 5.02. The van der Waals surface area contributed by atoms with Gasteiger partial charge in [0.2, 0.25) is 0 Å². The van der Waals surface area contributed by atoms with Gasteiger partial charge in [-0.3, -0.25) is 0 Å². The molecule has 0 atom stereocenters. The lowest BCUT2D eigenvalue weighted by Crippen LogP contribution is -1.93. The van der Waals surface area contributed by atoms with E-state index < -0.39 is 0 Å². The quantitative estimate of drug-likeness (QED) is 0.482. The van der Waals surface area contributed by atoms with Crippen LogP contribution in [-0.2, 0) is 0 Å². The summed E-state index contributed by atoms with van der Waals surface area (Å²) in [6.07, 6.45) is 0. The Balaban J connectivity index is 2.54. The van der Waals surface area contributed by atoms with Crippen LogP contribution in [0, 0.1) is 11.4 Å². The second-order valence-electron chi connectivity index (χ2n) is 4.45. The molecule has 0 N–H and O–H groups in total. The summed E-state index contributed by atoms with van der Waals surface area (Å²) in [5, 5.41) is 3.14. The van der Waals surface area contributed by atoms with Crippen LogP contribution in [-0.4, -0.2) is 6.61 Å². The molecule has 0 fully saturated rings. The highest BCUT2D eigenvalue weighted by Crippen LogP contribution is 2.34. The molecule has 3 rings (SSSR count). The molecule has 0 aliphatic rings. The molecule has 2 aromatic carbocycles. The summed E-state index contributed by atoms with van der Waals surface area (Å²) in [5.74, 6) is 1.66. The maximum Gasteiger partial charge on any atom is 0.139 e. The van der Waals surface area contributed by atoms with Crippen molar-refractivity contribution in [2.24, 2.45) is 0 Å². The van der Waals surface area contributed by atoms with Crippen molar-refractivity contribution < 1.29 is 9.15 Å². The van der Waals surface area contributed by atoms with Gasteiger partial charge in [-0.05, 0) is 25.3 Å². The first-order valence-electron chi connectivity index (χ1n) is 6.29. The van der Waals surface area contributed by atoms with Crippen LogP contribution in [0.3, 0.4) is 0 Å². The summed E-state index contributed by atoms with van der Waals surface area (Å²) >= 11 is 5.48. The van der Waals surface area contributed by atoms with Crippen molar-refractivity contribution in [3.8, 4) is 5.75 Å². The monoisotopic (exact) mass is 270 g/mol. The van der Waals surface area contributed by atoms with Gasteiger partial charge in [0.05, 0.1) is 11.1 Å². The first-order valence-corrected chi connectivity index (χ1v) is 6.70. The largest absolute Gasteiger partial charge is 0.493 e. The third kappa shape index (κ3) is 2.00. The van der Waals surface area contributed by atoms with Crippen LogP contribution < -0.4 is 4.74 Å². The van der Waals surface area contributed by atoms with Crippen molar-refractivity contribution in [3.05, 3.63) is 46.7 Å². The van der Waals surface area contributed by atoms with Crippen molar-refractivity contribution in [2.75, 3.05) is 6.61 Å². The van der Waals surface area contributed by atoms with Crippen LogP contribution in [0.15, 0.2) is 40.8 Å². The number of rotatable bonds is 2.